The Morgan fingerprint density at radius 1 is 1.53 bits per heavy atom. The monoisotopic (exact) mass is 230 g/mol. The zero-order chi connectivity index (χ0) is 12.3. The highest BCUT2D eigenvalue weighted by molar-refractivity contribution is 5.46. The number of anilines is 1. The van der Waals surface area contributed by atoms with E-state index >= 15 is 0 Å². The van der Waals surface area contributed by atoms with E-state index < -0.39 is 0 Å². The highest BCUT2D eigenvalue weighted by Gasteiger charge is 2.19. The highest BCUT2D eigenvalue weighted by Crippen LogP contribution is 2.18. The van der Waals surface area contributed by atoms with Gasteiger partial charge in [-0.15, -0.1) is 0 Å². The number of rotatable bonds is 2. The molecule has 1 atom stereocenters. The molecule has 1 aromatic heterocycles. The minimum Gasteiger partial charge on any atom is -0.355 e. The lowest BCUT2D eigenvalue weighted by Crippen LogP contribution is -2.44. The van der Waals surface area contributed by atoms with Crippen LogP contribution in [-0.4, -0.2) is 31.2 Å². The van der Waals surface area contributed by atoms with Crippen molar-refractivity contribution in [3.05, 3.63) is 23.4 Å². The summed E-state index contributed by atoms with van der Waals surface area (Å²) in [7, 11) is 2.06. The second kappa shape index (κ2) is 5.15. The van der Waals surface area contributed by atoms with Crippen molar-refractivity contribution >= 4 is 5.82 Å². The van der Waals surface area contributed by atoms with Crippen LogP contribution in [0.25, 0.3) is 0 Å². The number of nitrogens with one attached hydrogen (secondary N) is 1. The molecule has 0 aromatic carbocycles. The first-order valence-corrected chi connectivity index (χ1v) is 6.03. The van der Waals surface area contributed by atoms with Gasteiger partial charge in [0, 0.05) is 25.3 Å². The van der Waals surface area contributed by atoms with Gasteiger partial charge in [-0.3, -0.25) is 0 Å². The van der Waals surface area contributed by atoms with Crippen LogP contribution in [0.1, 0.15) is 24.1 Å². The van der Waals surface area contributed by atoms with Gasteiger partial charge in [0.05, 0.1) is 11.6 Å². The third-order valence-electron chi connectivity index (χ3n) is 3.25. The summed E-state index contributed by atoms with van der Waals surface area (Å²) in [6.07, 6.45) is 2.38. The van der Waals surface area contributed by atoms with Crippen LogP contribution in [0.15, 0.2) is 12.1 Å². The van der Waals surface area contributed by atoms with Crippen molar-refractivity contribution in [2.75, 3.05) is 25.0 Å². The molecule has 1 aromatic rings. The van der Waals surface area contributed by atoms with Crippen molar-refractivity contribution in [1.29, 1.82) is 5.26 Å². The number of hydrogen-bond acceptors (Lipinski definition) is 4. The van der Waals surface area contributed by atoms with Gasteiger partial charge < -0.3 is 10.2 Å². The maximum Gasteiger partial charge on any atom is 0.130 e. The van der Waals surface area contributed by atoms with E-state index in [4.69, 9.17) is 5.26 Å². The molecule has 1 unspecified atom stereocenters. The lowest BCUT2D eigenvalue weighted by molar-refractivity contribution is 0.443. The lowest BCUT2D eigenvalue weighted by Gasteiger charge is -2.32. The fourth-order valence-electron chi connectivity index (χ4n) is 2.25. The zero-order valence-electron chi connectivity index (χ0n) is 10.4. The predicted molar refractivity (Wildman–Crippen MR) is 68.0 cm³/mol. The van der Waals surface area contributed by atoms with E-state index in [1.807, 2.05) is 19.1 Å². The van der Waals surface area contributed by atoms with Crippen LogP contribution in [-0.2, 0) is 0 Å². The lowest BCUT2D eigenvalue weighted by atomic mass is 10.1. The largest absolute Gasteiger partial charge is 0.355 e. The molecule has 17 heavy (non-hydrogen) atoms. The summed E-state index contributed by atoms with van der Waals surface area (Å²) in [4.78, 5) is 6.68. The Kier molecular flexibility index (Phi) is 3.60. The Bertz CT molecular complexity index is 430. The number of nitrogens with zero attached hydrogens (tertiary/aromatic N) is 3. The fourth-order valence-corrected chi connectivity index (χ4v) is 2.25. The van der Waals surface area contributed by atoms with Crippen LogP contribution in [0.5, 0.6) is 0 Å². The average molecular weight is 230 g/mol. The van der Waals surface area contributed by atoms with Crippen molar-refractivity contribution in [3.63, 3.8) is 0 Å². The molecule has 2 heterocycles. The standard InChI is InChI=1S/C13H18N4/c1-10-6-11(8-14)7-13(16-10)17(2)12-4-3-5-15-9-12/h6-7,12,15H,3-5,9H2,1-2H3. The summed E-state index contributed by atoms with van der Waals surface area (Å²) in [6.45, 7) is 4.03. The summed E-state index contributed by atoms with van der Waals surface area (Å²) in [5.41, 5.74) is 1.58. The fraction of sp³-hybridized carbons (Fsp3) is 0.538. The van der Waals surface area contributed by atoms with Gasteiger partial charge in [0.15, 0.2) is 0 Å². The van der Waals surface area contributed by atoms with Crippen molar-refractivity contribution in [2.24, 2.45) is 0 Å². The first kappa shape index (κ1) is 11.9. The quantitative estimate of drug-likeness (QED) is 0.835. The second-order valence-corrected chi connectivity index (χ2v) is 4.58. The van der Waals surface area contributed by atoms with E-state index in [0.29, 0.717) is 11.6 Å². The molecule has 0 bridgehead atoms. The van der Waals surface area contributed by atoms with Crippen LogP contribution >= 0.6 is 0 Å². The van der Waals surface area contributed by atoms with Crippen molar-refractivity contribution in [3.8, 4) is 6.07 Å². The van der Waals surface area contributed by atoms with Gasteiger partial charge in [0.2, 0.25) is 0 Å². The molecule has 4 nitrogen and oxygen atoms in total. The molecule has 0 spiro atoms. The van der Waals surface area contributed by atoms with Gasteiger partial charge in [0.1, 0.15) is 5.82 Å². The topological polar surface area (TPSA) is 52.0 Å². The first-order chi connectivity index (χ1) is 8.20. The molecule has 1 fully saturated rings. The van der Waals surface area contributed by atoms with Gasteiger partial charge in [-0.05, 0) is 38.4 Å². The highest BCUT2D eigenvalue weighted by atomic mass is 15.2. The van der Waals surface area contributed by atoms with Gasteiger partial charge in [-0.1, -0.05) is 0 Å². The number of piperidine rings is 1. The molecule has 0 radical (unpaired) electrons. The van der Waals surface area contributed by atoms with Crippen LogP contribution in [0.3, 0.4) is 0 Å². The van der Waals surface area contributed by atoms with E-state index in [9.17, 15) is 0 Å². The molecule has 0 saturated carbocycles. The van der Waals surface area contributed by atoms with E-state index in [1.54, 1.807) is 0 Å². The Morgan fingerprint density at radius 2 is 2.35 bits per heavy atom. The van der Waals surface area contributed by atoms with Crippen molar-refractivity contribution < 1.29 is 0 Å². The molecular formula is C13H18N4. The second-order valence-electron chi connectivity index (χ2n) is 4.58. The molecule has 90 valence electrons. The summed E-state index contributed by atoms with van der Waals surface area (Å²) in [6, 6.07) is 6.34. The van der Waals surface area contributed by atoms with Crippen LogP contribution < -0.4 is 10.2 Å². The third-order valence-corrected chi connectivity index (χ3v) is 3.25. The minimum absolute atomic E-state index is 0.476. The molecule has 1 aliphatic rings. The Balaban J connectivity index is 2.20. The maximum absolute atomic E-state index is 8.97. The smallest absolute Gasteiger partial charge is 0.130 e. The van der Waals surface area contributed by atoms with E-state index in [2.05, 4.69) is 28.3 Å². The molecule has 0 amide bonds. The zero-order valence-corrected chi connectivity index (χ0v) is 10.4. The number of aryl methyl sites for hydroxylation is 1. The summed E-state index contributed by atoms with van der Waals surface area (Å²) >= 11 is 0. The number of likely N-dealkylation sites (N-methyl/N-ethyl adjacent to an activating group) is 1. The Labute approximate surface area is 102 Å². The normalized spacial score (nSPS) is 19.7. The summed E-state index contributed by atoms with van der Waals surface area (Å²) < 4.78 is 0. The third kappa shape index (κ3) is 2.75. The van der Waals surface area contributed by atoms with Crippen LogP contribution in [0.2, 0.25) is 0 Å². The van der Waals surface area contributed by atoms with Gasteiger partial charge in [-0.2, -0.15) is 5.26 Å². The molecule has 1 aliphatic heterocycles. The van der Waals surface area contributed by atoms with E-state index in [-0.39, 0.29) is 0 Å². The molecule has 0 aliphatic carbocycles. The van der Waals surface area contributed by atoms with Crippen molar-refractivity contribution in [1.82, 2.24) is 10.3 Å². The Morgan fingerprint density at radius 3 is 3.00 bits per heavy atom. The van der Waals surface area contributed by atoms with Gasteiger partial charge in [-0.25, -0.2) is 4.98 Å². The summed E-state index contributed by atoms with van der Waals surface area (Å²) in [5, 5.41) is 12.4. The van der Waals surface area contributed by atoms with E-state index in [0.717, 1.165) is 24.6 Å². The molecule has 2 rings (SSSR count). The minimum atomic E-state index is 0.476. The molecule has 1 N–H and O–H groups in total. The molecular weight excluding hydrogens is 212 g/mol. The summed E-state index contributed by atoms with van der Waals surface area (Å²) in [5.74, 6) is 0.898. The SMILES string of the molecule is Cc1cc(C#N)cc(N(C)C2CCCNC2)n1. The van der Waals surface area contributed by atoms with Crippen LogP contribution in [0.4, 0.5) is 5.82 Å². The number of aromatic nitrogens is 1. The maximum atomic E-state index is 8.97. The number of hydrogen-bond donors (Lipinski definition) is 1. The first-order valence-electron chi connectivity index (χ1n) is 6.03. The predicted octanol–water partition coefficient (Wildman–Crippen LogP) is 1.45. The Hall–Kier alpha value is -1.60. The molecule has 4 heteroatoms. The van der Waals surface area contributed by atoms with Crippen LogP contribution in [0, 0.1) is 18.3 Å². The molecule has 1 saturated heterocycles. The van der Waals surface area contributed by atoms with E-state index in [1.165, 1.54) is 12.8 Å². The average Bonchev–Trinajstić information content (AvgIpc) is 2.38. The van der Waals surface area contributed by atoms with Gasteiger partial charge >= 0.3 is 0 Å². The number of nitriles is 1. The van der Waals surface area contributed by atoms with Crippen molar-refractivity contribution in [2.45, 2.75) is 25.8 Å². The van der Waals surface area contributed by atoms with Gasteiger partial charge in [0.25, 0.3) is 0 Å². The number of pyridine rings is 1.